The molecular formula is C17H36N2S. The van der Waals surface area contributed by atoms with E-state index in [1.54, 1.807) is 0 Å². The van der Waals surface area contributed by atoms with Crippen molar-refractivity contribution in [2.75, 3.05) is 46.0 Å². The molecule has 0 aliphatic carbocycles. The van der Waals surface area contributed by atoms with Gasteiger partial charge >= 0.3 is 0 Å². The number of piperidine rings is 1. The Morgan fingerprint density at radius 1 is 0.950 bits per heavy atom. The normalized spacial score (nSPS) is 18.0. The molecule has 1 saturated heterocycles. The average Bonchev–Trinajstić information content (AvgIpc) is 2.44. The highest BCUT2D eigenvalue weighted by Gasteiger charge is 2.17. The lowest BCUT2D eigenvalue weighted by molar-refractivity contribution is 0.175. The topological polar surface area (TPSA) is 6.48 Å². The van der Waals surface area contributed by atoms with Crippen LogP contribution >= 0.6 is 12.6 Å². The third-order valence-electron chi connectivity index (χ3n) is 4.61. The molecule has 1 aliphatic heterocycles. The number of hydrogen-bond acceptors (Lipinski definition) is 3. The molecule has 1 aliphatic rings. The molecule has 0 N–H and O–H groups in total. The molecule has 2 nitrogen and oxygen atoms in total. The van der Waals surface area contributed by atoms with Crippen LogP contribution in [0.1, 0.15) is 57.8 Å². The Balaban J connectivity index is 1.88. The van der Waals surface area contributed by atoms with Crippen LogP contribution in [-0.2, 0) is 0 Å². The van der Waals surface area contributed by atoms with Crippen LogP contribution in [0.5, 0.6) is 0 Å². The van der Waals surface area contributed by atoms with Gasteiger partial charge in [-0.2, -0.15) is 12.6 Å². The first-order chi connectivity index (χ1) is 9.72. The van der Waals surface area contributed by atoms with E-state index in [4.69, 9.17) is 0 Å². The largest absolute Gasteiger partial charge is 0.306 e. The number of hydrogen-bond donors (Lipinski definition) is 1. The molecule has 0 unspecified atom stereocenters. The monoisotopic (exact) mass is 300 g/mol. The van der Waals surface area contributed by atoms with E-state index in [1.165, 1.54) is 84.0 Å². The maximum atomic E-state index is 4.25. The number of nitrogens with zero attached hydrogens (tertiary/aromatic N) is 2. The molecule has 0 aromatic heterocycles. The summed E-state index contributed by atoms with van der Waals surface area (Å²) in [5.41, 5.74) is 0. The summed E-state index contributed by atoms with van der Waals surface area (Å²) in [7, 11) is 4.56. The molecule has 0 aromatic rings. The molecule has 0 radical (unpaired) electrons. The lowest BCUT2D eigenvalue weighted by Gasteiger charge is -2.31. The average molecular weight is 301 g/mol. The summed E-state index contributed by atoms with van der Waals surface area (Å²) in [4.78, 5) is 5.03. The van der Waals surface area contributed by atoms with Gasteiger partial charge < -0.3 is 9.80 Å². The fourth-order valence-electron chi connectivity index (χ4n) is 3.15. The molecule has 0 aromatic carbocycles. The highest BCUT2D eigenvalue weighted by molar-refractivity contribution is 7.80. The van der Waals surface area contributed by atoms with Gasteiger partial charge in [-0.3, -0.25) is 0 Å². The first kappa shape index (κ1) is 18.3. The lowest BCUT2D eigenvalue weighted by Crippen LogP contribution is -2.36. The van der Waals surface area contributed by atoms with Crippen molar-refractivity contribution in [3.05, 3.63) is 0 Å². The standard InChI is InChI=1S/C17H36N2S/c1-18-13-10-17(11-14-18)16-19(2)12-8-6-4-3-5-7-9-15-20/h17,20H,3-16H2,1-2H3. The lowest BCUT2D eigenvalue weighted by atomic mass is 9.96. The summed E-state index contributed by atoms with van der Waals surface area (Å²) < 4.78 is 0. The van der Waals surface area contributed by atoms with Gasteiger partial charge in [0.25, 0.3) is 0 Å². The van der Waals surface area contributed by atoms with Crippen LogP contribution in [0, 0.1) is 5.92 Å². The summed E-state index contributed by atoms with van der Waals surface area (Å²) in [6.07, 6.45) is 12.5. The minimum Gasteiger partial charge on any atom is -0.306 e. The number of likely N-dealkylation sites (tertiary alicyclic amines) is 1. The van der Waals surface area contributed by atoms with Crippen molar-refractivity contribution in [2.45, 2.75) is 57.8 Å². The van der Waals surface area contributed by atoms with Crippen LogP contribution < -0.4 is 0 Å². The third kappa shape index (κ3) is 9.25. The van der Waals surface area contributed by atoms with E-state index in [2.05, 4.69) is 36.5 Å². The van der Waals surface area contributed by atoms with Crippen molar-refractivity contribution in [2.24, 2.45) is 5.92 Å². The molecule has 0 amide bonds. The maximum absolute atomic E-state index is 4.25. The van der Waals surface area contributed by atoms with Crippen LogP contribution in [0.15, 0.2) is 0 Å². The van der Waals surface area contributed by atoms with E-state index in [9.17, 15) is 0 Å². The van der Waals surface area contributed by atoms with Gasteiger partial charge in [-0.15, -0.1) is 0 Å². The Morgan fingerprint density at radius 2 is 1.50 bits per heavy atom. The first-order valence-electron chi connectivity index (χ1n) is 8.70. The van der Waals surface area contributed by atoms with E-state index in [0.29, 0.717) is 0 Å². The fraction of sp³-hybridized carbons (Fsp3) is 1.00. The first-order valence-corrected chi connectivity index (χ1v) is 9.33. The van der Waals surface area contributed by atoms with Crippen molar-refractivity contribution in [3.63, 3.8) is 0 Å². The van der Waals surface area contributed by atoms with Gasteiger partial charge in [0.05, 0.1) is 0 Å². The van der Waals surface area contributed by atoms with E-state index >= 15 is 0 Å². The molecule has 0 spiro atoms. The number of thiol groups is 1. The Morgan fingerprint density at radius 3 is 2.10 bits per heavy atom. The highest BCUT2D eigenvalue weighted by atomic mass is 32.1. The Hall–Kier alpha value is 0.270. The second-order valence-corrected chi connectivity index (χ2v) is 7.15. The van der Waals surface area contributed by atoms with Crippen molar-refractivity contribution in [3.8, 4) is 0 Å². The minimum atomic E-state index is 0.942. The smallest absolute Gasteiger partial charge is 0.000756 e. The van der Waals surface area contributed by atoms with Crippen LogP contribution in [0.4, 0.5) is 0 Å². The van der Waals surface area contributed by atoms with Crippen LogP contribution in [0.25, 0.3) is 0 Å². The van der Waals surface area contributed by atoms with Gasteiger partial charge in [0.15, 0.2) is 0 Å². The Kier molecular flexibility index (Phi) is 10.9. The van der Waals surface area contributed by atoms with E-state index < -0.39 is 0 Å². The van der Waals surface area contributed by atoms with E-state index in [0.717, 1.165) is 11.7 Å². The number of rotatable bonds is 11. The maximum Gasteiger partial charge on any atom is 0.000756 e. The third-order valence-corrected chi connectivity index (χ3v) is 4.92. The molecule has 1 rings (SSSR count). The molecule has 1 fully saturated rings. The van der Waals surface area contributed by atoms with Crippen molar-refractivity contribution < 1.29 is 0 Å². The summed E-state index contributed by atoms with van der Waals surface area (Å²) >= 11 is 4.25. The zero-order valence-corrected chi connectivity index (χ0v) is 14.7. The van der Waals surface area contributed by atoms with E-state index in [-0.39, 0.29) is 0 Å². The van der Waals surface area contributed by atoms with Crippen LogP contribution in [0.3, 0.4) is 0 Å². The SMILES string of the molecule is CN1CCC(CN(C)CCCCCCCCCS)CC1. The molecule has 120 valence electrons. The fourth-order valence-corrected chi connectivity index (χ4v) is 3.38. The summed E-state index contributed by atoms with van der Waals surface area (Å²) in [5, 5.41) is 0. The second-order valence-electron chi connectivity index (χ2n) is 6.71. The number of unbranched alkanes of at least 4 members (excludes halogenated alkanes) is 6. The molecule has 0 saturated carbocycles. The van der Waals surface area contributed by atoms with Gasteiger partial charge in [0, 0.05) is 6.54 Å². The summed E-state index contributed by atoms with van der Waals surface area (Å²) in [6, 6.07) is 0. The molecule has 3 heteroatoms. The van der Waals surface area contributed by atoms with Gasteiger partial charge in [0.1, 0.15) is 0 Å². The Bertz CT molecular complexity index is 215. The van der Waals surface area contributed by atoms with E-state index in [1.807, 2.05) is 0 Å². The molecule has 0 atom stereocenters. The molecule has 0 bridgehead atoms. The van der Waals surface area contributed by atoms with Crippen molar-refractivity contribution in [1.29, 1.82) is 0 Å². The summed E-state index contributed by atoms with van der Waals surface area (Å²) in [6.45, 7) is 5.20. The highest BCUT2D eigenvalue weighted by Crippen LogP contribution is 2.17. The van der Waals surface area contributed by atoms with Gasteiger partial charge in [-0.1, -0.05) is 32.1 Å². The Labute approximate surface area is 132 Å². The molecule has 20 heavy (non-hydrogen) atoms. The predicted molar refractivity (Wildman–Crippen MR) is 93.9 cm³/mol. The van der Waals surface area contributed by atoms with Crippen LogP contribution in [-0.4, -0.2) is 55.8 Å². The van der Waals surface area contributed by atoms with Crippen molar-refractivity contribution in [1.82, 2.24) is 9.80 Å². The summed E-state index contributed by atoms with van der Waals surface area (Å²) in [5.74, 6) is 2.00. The van der Waals surface area contributed by atoms with Crippen molar-refractivity contribution >= 4 is 12.6 Å². The molecular weight excluding hydrogens is 264 g/mol. The zero-order chi connectivity index (χ0) is 14.6. The zero-order valence-electron chi connectivity index (χ0n) is 13.8. The minimum absolute atomic E-state index is 0.942. The van der Waals surface area contributed by atoms with Crippen LogP contribution in [0.2, 0.25) is 0 Å². The van der Waals surface area contributed by atoms with Gasteiger partial charge in [-0.25, -0.2) is 0 Å². The predicted octanol–water partition coefficient (Wildman–Crippen LogP) is 3.92. The van der Waals surface area contributed by atoms with Gasteiger partial charge in [0.2, 0.25) is 0 Å². The molecule has 1 heterocycles. The second kappa shape index (κ2) is 11.9. The van der Waals surface area contributed by atoms with Gasteiger partial charge in [-0.05, 0) is 71.1 Å². The quantitative estimate of drug-likeness (QED) is 0.456.